The quantitative estimate of drug-likeness (QED) is 0.606. The van der Waals surface area contributed by atoms with E-state index in [-0.39, 0.29) is 0 Å². The summed E-state index contributed by atoms with van der Waals surface area (Å²) in [5.41, 5.74) is -0.500. The molecule has 0 aliphatic heterocycles. The van der Waals surface area contributed by atoms with Crippen molar-refractivity contribution < 1.29 is 5.11 Å². The first-order chi connectivity index (χ1) is 3.89. The molecule has 0 fully saturated rings. The second-order valence-corrected chi connectivity index (χ2v) is 3.54. The predicted molar refractivity (Wildman–Crippen MR) is 40.3 cm³/mol. The van der Waals surface area contributed by atoms with Gasteiger partial charge in [0.15, 0.2) is 0 Å². The van der Waals surface area contributed by atoms with Crippen LogP contribution in [0.1, 0.15) is 34.6 Å². The molecule has 0 aromatic carbocycles. The smallest absolute Gasteiger partial charge is 0.0665 e. The normalized spacial score (nSPS) is 13.3. The third kappa shape index (κ3) is 1.98. The van der Waals surface area contributed by atoms with E-state index in [0.29, 0.717) is 11.8 Å². The van der Waals surface area contributed by atoms with Crippen molar-refractivity contribution in [3.05, 3.63) is 0 Å². The molecule has 0 aliphatic rings. The molecule has 1 heteroatoms. The zero-order chi connectivity index (χ0) is 7.65. The minimum Gasteiger partial charge on any atom is -0.390 e. The Labute approximate surface area is 58.1 Å². The van der Waals surface area contributed by atoms with E-state index in [2.05, 4.69) is 0 Å². The van der Waals surface area contributed by atoms with E-state index in [1.165, 1.54) is 0 Å². The lowest BCUT2D eigenvalue weighted by Crippen LogP contribution is -2.36. The summed E-state index contributed by atoms with van der Waals surface area (Å²) in [6.07, 6.45) is 0. The summed E-state index contributed by atoms with van der Waals surface area (Å²) < 4.78 is 0. The molecular weight excluding hydrogens is 112 g/mol. The average molecular weight is 130 g/mol. The maximum Gasteiger partial charge on any atom is 0.0665 e. The summed E-state index contributed by atoms with van der Waals surface area (Å²) in [5.74, 6) is 0.690. The average Bonchev–Trinajstić information content (AvgIpc) is 1.65. The number of hydrogen-bond acceptors (Lipinski definition) is 1. The lowest BCUT2D eigenvalue weighted by Gasteiger charge is -2.31. The van der Waals surface area contributed by atoms with Gasteiger partial charge in [-0.05, 0) is 18.8 Å². The molecule has 0 saturated carbocycles. The second kappa shape index (κ2) is 2.70. The van der Waals surface area contributed by atoms with Gasteiger partial charge in [-0.2, -0.15) is 0 Å². The molecule has 0 spiro atoms. The second-order valence-electron chi connectivity index (χ2n) is 3.54. The van der Waals surface area contributed by atoms with E-state index < -0.39 is 5.60 Å². The molecule has 0 saturated heterocycles. The van der Waals surface area contributed by atoms with Crippen LogP contribution in [-0.4, -0.2) is 10.7 Å². The Kier molecular flexibility index (Phi) is 2.68. The first kappa shape index (κ1) is 8.96. The summed E-state index contributed by atoms with van der Waals surface area (Å²) >= 11 is 0. The molecular formula is C8H18O. The van der Waals surface area contributed by atoms with E-state index in [1.54, 1.807) is 0 Å². The highest BCUT2D eigenvalue weighted by Crippen LogP contribution is 2.24. The summed E-state index contributed by atoms with van der Waals surface area (Å²) in [5, 5.41) is 9.67. The van der Waals surface area contributed by atoms with Crippen LogP contribution in [0.2, 0.25) is 0 Å². The van der Waals surface area contributed by atoms with Gasteiger partial charge in [0.25, 0.3) is 0 Å². The molecule has 0 radical (unpaired) electrons. The van der Waals surface area contributed by atoms with Gasteiger partial charge in [0, 0.05) is 0 Å². The Hall–Kier alpha value is -0.0400. The van der Waals surface area contributed by atoms with E-state index in [4.69, 9.17) is 0 Å². The van der Waals surface area contributed by atoms with Gasteiger partial charge in [0.1, 0.15) is 0 Å². The zero-order valence-electron chi connectivity index (χ0n) is 7.10. The van der Waals surface area contributed by atoms with Gasteiger partial charge >= 0.3 is 0 Å². The predicted octanol–water partition coefficient (Wildman–Crippen LogP) is 2.05. The first-order valence-electron chi connectivity index (χ1n) is 3.61. The maximum absolute atomic E-state index is 9.67. The Morgan fingerprint density at radius 3 is 1.22 bits per heavy atom. The summed E-state index contributed by atoms with van der Waals surface area (Å²) in [4.78, 5) is 0. The monoisotopic (exact) mass is 130 g/mol. The molecule has 0 rings (SSSR count). The largest absolute Gasteiger partial charge is 0.390 e. The maximum atomic E-state index is 9.67. The third-order valence-electron chi connectivity index (χ3n) is 2.34. The Morgan fingerprint density at radius 2 is 1.22 bits per heavy atom. The molecule has 0 unspecified atom stereocenters. The Balaban J connectivity index is 4.01. The molecule has 0 amide bonds. The third-order valence-corrected chi connectivity index (χ3v) is 2.34. The van der Waals surface area contributed by atoms with Gasteiger partial charge in [-0.1, -0.05) is 27.7 Å². The van der Waals surface area contributed by atoms with Crippen molar-refractivity contribution in [3.8, 4) is 0 Å². The molecule has 1 nitrogen and oxygen atoms in total. The van der Waals surface area contributed by atoms with Crippen molar-refractivity contribution in [2.45, 2.75) is 40.2 Å². The van der Waals surface area contributed by atoms with E-state index in [1.807, 2.05) is 34.6 Å². The highest BCUT2D eigenvalue weighted by molar-refractivity contribution is 4.79. The molecule has 0 bridgehead atoms. The van der Waals surface area contributed by atoms with E-state index in [0.717, 1.165) is 0 Å². The summed E-state index contributed by atoms with van der Waals surface area (Å²) in [7, 11) is 0. The molecule has 0 atom stereocenters. The van der Waals surface area contributed by atoms with Crippen LogP contribution in [0.25, 0.3) is 0 Å². The number of hydrogen-bond donors (Lipinski definition) is 1. The van der Waals surface area contributed by atoms with Crippen LogP contribution in [0.15, 0.2) is 0 Å². The highest BCUT2D eigenvalue weighted by Gasteiger charge is 2.28. The lowest BCUT2D eigenvalue weighted by atomic mass is 9.82. The van der Waals surface area contributed by atoms with E-state index in [9.17, 15) is 5.11 Å². The lowest BCUT2D eigenvalue weighted by molar-refractivity contribution is -0.0289. The van der Waals surface area contributed by atoms with Gasteiger partial charge < -0.3 is 5.11 Å². The fourth-order valence-electron chi connectivity index (χ4n) is 0.667. The molecule has 1 N–H and O–H groups in total. The first-order valence-corrected chi connectivity index (χ1v) is 3.61. The van der Waals surface area contributed by atoms with Gasteiger partial charge in [-0.15, -0.1) is 0 Å². The van der Waals surface area contributed by atoms with Crippen molar-refractivity contribution in [1.82, 2.24) is 0 Å². The van der Waals surface area contributed by atoms with Crippen LogP contribution >= 0.6 is 0 Å². The Bertz CT molecular complexity index is 72.6. The van der Waals surface area contributed by atoms with Gasteiger partial charge in [0.05, 0.1) is 5.60 Å². The van der Waals surface area contributed by atoms with Crippen molar-refractivity contribution in [3.63, 3.8) is 0 Å². The van der Waals surface area contributed by atoms with Crippen LogP contribution in [-0.2, 0) is 0 Å². The van der Waals surface area contributed by atoms with Crippen molar-refractivity contribution in [2.75, 3.05) is 0 Å². The fourth-order valence-corrected chi connectivity index (χ4v) is 0.667. The van der Waals surface area contributed by atoms with Crippen LogP contribution < -0.4 is 0 Å². The SMILES string of the molecule is CC(C)C(C)(O)C(C)C. The minimum atomic E-state index is -0.500. The van der Waals surface area contributed by atoms with Crippen molar-refractivity contribution >= 4 is 0 Å². The highest BCUT2D eigenvalue weighted by atomic mass is 16.3. The number of rotatable bonds is 2. The number of aliphatic hydroxyl groups is 1. The van der Waals surface area contributed by atoms with Gasteiger partial charge in [0.2, 0.25) is 0 Å². The minimum absolute atomic E-state index is 0.345. The summed E-state index contributed by atoms with van der Waals surface area (Å²) in [6, 6.07) is 0. The van der Waals surface area contributed by atoms with Gasteiger partial charge in [-0.25, -0.2) is 0 Å². The molecule has 0 aromatic heterocycles. The van der Waals surface area contributed by atoms with Crippen LogP contribution in [0.3, 0.4) is 0 Å². The Morgan fingerprint density at radius 1 is 1.00 bits per heavy atom. The van der Waals surface area contributed by atoms with Crippen LogP contribution in [0, 0.1) is 11.8 Å². The topological polar surface area (TPSA) is 20.2 Å². The molecule has 0 aromatic rings. The van der Waals surface area contributed by atoms with E-state index >= 15 is 0 Å². The van der Waals surface area contributed by atoms with Crippen molar-refractivity contribution in [2.24, 2.45) is 11.8 Å². The van der Waals surface area contributed by atoms with Crippen LogP contribution in [0.5, 0.6) is 0 Å². The van der Waals surface area contributed by atoms with Crippen molar-refractivity contribution in [1.29, 1.82) is 0 Å². The molecule has 56 valence electrons. The van der Waals surface area contributed by atoms with Crippen LogP contribution in [0.4, 0.5) is 0 Å². The van der Waals surface area contributed by atoms with Gasteiger partial charge in [-0.3, -0.25) is 0 Å². The fraction of sp³-hybridized carbons (Fsp3) is 1.00. The molecule has 0 heterocycles. The standard InChI is InChI=1S/C8H18O/c1-6(2)8(5,9)7(3)4/h6-7,9H,1-5H3. The molecule has 0 aliphatic carbocycles. The summed E-state index contributed by atoms with van der Waals surface area (Å²) in [6.45, 7) is 10.1. The molecule has 9 heavy (non-hydrogen) atoms. The zero-order valence-corrected chi connectivity index (χ0v) is 7.10.